The van der Waals surface area contributed by atoms with Crippen LogP contribution in [0.25, 0.3) is 0 Å². The van der Waals surface area contributed by atoms with Crippen molar-refractivity contribution in [1.29, 1.82) is 0 Å². The quantitative estimate of drug-likeness (QED) is 0.435. The number of ether oxygens (including phenoxy) is 1. The first-order valence-electron chi connectivity index (χ1n) is 11.3. The van der Waals surface area contributed by atoms with Crippen LogP contribution in [-0.4, -0.2) is 35.9 Å². The number of nitrogens with one attached hydrogen (secondary N) is 1. The molecule has 0 aliphatic rings. The molecule has 2 aromatic carbocycles. The zero-order valence-electron chi connectivity index (χ0n) is 19.8. The Morgan fingerprint density at radius 2 is 1.88 bits per heavy atom. The molecule has 32 heavy (non-hydrogen) atoms. The molecule has 0 unspecified atom stereocenters. The van der Waals surface area contributed by atoms with Gasteiger partial charge in [-0.05, 0) is 64.9 Å². The Morgan fingerprint density at radius 3 is 2.47 bits per heavy atom. The van der Waals surface area contributed by atoms with Gasteiger partial charge in [-0.15, -0.1) is 0 Å². The van der Waals surface area contributed by atoms with E-state index in [9.17, 15) is 9.59 Å². The van der Waals surface area contributed by atoms with Gasteiger partial charge >= 0.3 is 0 Å². The van der Waals surface area contributed by atoms with Crippen LogP contribution in [0.1, 0.15) is 63.1 Å². The number of hydrogen-bond donors (Lipinski definition) is 1. The fourth-order valence-electron chi connectivity index (χ4n) is 3.51. The zero-order chi connectivity index (χ0) is 23.7. The molecule has 0 spiro atoms. The lowest BCUT2D eigenvalue weighted by Crippen LogP contribution is -2.50. The van der Waals surface area contributed by atoms with Gasteiger partial charge in [-0.1, -0.05) is 63.6 Å². The SMILES string of the molecule is CCCNC(=O)[C@@H](CC)N(Cc1cccc(C)c1)C(=O)COc1ccc(C(C)C)cc1Br. The number of benzene rings is 2. The third-order valence-corrected chi connectivity index (χ3v) is 5.96. The highest BCUT2D eigenvalue weighted by atomic mass is 79.9. The summed E-state index contributed by atoms with van der Waals surface area (Å²) < 4.78 is 6.68. The van der Waals surface area contributed by atoms with Crippen LogP contribution in [0.2, 0.25) is 0 Å². The number of carbonyl (C=O) groups is 2. The van der Waals surface area contributed by atoms with Gasteiger partial charge in [0.05, 0.1) is 4.47 Å². The predicted molar refractivity (Wildman–Crippen MR) is 133 cm³/mol. The molecule has 0 aliphatic heterocycles. The topological polar surface area (TPSA) is 58.6 Å². The fourth-order valence-corrected chi connectivity index (χ4v) is 4.02. The maximum Gasteiger partial charge on any atom is 0.261 e. The van der Waals surface area contributed by atoms with Gasteiger partial charge in [0.2, 0.25) is 5.91 Å². The molecule has 0 saturated carbocycles. The maximum absolute atomic E-state index is 13.3. The molecule has 2 amide bonds. The summed E-state index contributed by atoms with van der Waals surface area (Å²) in [7, 11) is 0. The molecule has 2 aromatic rings. The summed E-state index contributed by atoms with van der Waals surface area (Å²) in [6.07, 6.45) is 1.37. The number of nitrogens with zero attached hydrogens (tertiary/aromatic N) is 1. The van der Waals surface area contributed by atoms with Crippen LogP contribution in [0.15, 0.2) is 46.9 Å². The Kier molecular flexibility index (Phi) is 10.2. The fraction of sp³-hybridized carbons (Fsp3) is 0.462. The van der Waals surface area contributed by atoms with E-state index in [1.807, 2.05) is 63.2 Å². The summed E-state index contributed by atoms with van der Waals surface area (Å²) in [5.41, 5.74) is 3.29. The molecule has 6 heteroatoms. The first-order chi connectivity index (χ1) is 15.3. The van der Waals surface area contributed by atoms with E-state index in [4.69, 9.17) is 4.74 Å². The summed E-state index contributed by atoms with van der Waals surface area (Å²) in [5, 5.41) is 2.93. The van der Waals surface area contributed by atoms with Crippen LogP contribution in [-0.2, 0) is 16.1 Å². The third-order valence-electron chi connectivity index (χ3n) is 5.34. The number of halogens is 1. The highest BCUT2D eigenvalue weighted by molar-refractivity contribution is 9.10. The van der Waals surface area contributed by atoms with Crippen molar-refractivity contribution in [2.24, 2.45) is 0 Å². The van der Waals surface area contributed by atoms with E-state index < -0.39 is 6.04 Å². The molecule has 0 saturated heterocycles. The Balaban J connectivity index is 2.21. The van der Waals surface area contributed by atoms with E-state index in [1.165, 1.54) is 5.56 Å². The van der Waals surface area contributed by atoms with Crippen molar-refractivity contribution in [3.8, 4) is 5.75 Å². The van der Waals surface area contributed by atoms with Crippen molar-refractivity contribution >= 4 is 27.7 Å². The summed E-state index contributed by atoms with van der Waals surface area (Å²) in [6.45, 7) is 11.0. The molecule has 0 bridgehead atoms. The van der Waals surface area contributed by atoms with Crippen molar-refractivity contribution < 1.29 is 14.3 Å². The summed E-state index contributed by atoms with van der Waals surface area (Å²) >= 11 is 3.54. The lowest BCUT2D eigenvalue weighted by atomic mass is 10.0. The highest BCUT2D eigenvalue weighted by Gasteiger charge is 2.29. The first kappa shape index (κ1) is 25.9. The van der Waals surface area contributed by atoms with Crippen molar-refractivity contribution in [2.75, 3.05) is 13.2 Å². The van der Waals surface area contributed by atoms with Crippen molar-refractivity contribution in [3.05, 3.63) is 63.6 Å². The number of rotatable bonds is 11. The normalized spacial score (nSPS) is 11.8. The van der Waals surface area contributed by atoms with Crippen molar-refractivity contribution in [1.82, 2.24) is 10.2 Å². The molecule has 0 aromatic heterocycles. The summed E-state index contributed by atoms with van der Waals surface area (Å²) in [6, 6.07) is 13.4. The lowest BCUT2D eigenvalue weighted by molar-refractivity contribution is -0.143. The number of aryl methyl sites for hydroxylation is 1. The molecule has 0 heterocycles. The molecule has 0 radical (unpaired) electrons. The van der Waals surface area contributed by atoms with Gasteiger partial charge < -0.3 is 15.0 Å². The standard InChI is InChI=1S/C26H35BrN2O3/c1-6-13-28-26(31)23(7-2)29(16-20-10-8-9-19(5)14-20)25(30)17-32-24-12-11-21(18(3)4)15-22(24)27/h8-12,14-15,18,23H,6-7,13,16-17H2,1-5H3,(H,28,31)/t23-/m1/s1. The minimum Gasteiger partial charge on any atom is -0.483 e. The highest BCUT2D eigenvalue weighted by Crippen LogP contribution is 2.29. The molecule has 2 rings (SSSR count). The lowest BCUT2D eigenvalue weighted by Gasteiger charge is -2.30. The largest absolute Gasteiger partial charge is 0.483 e. The second-order valence-electron chi connectivity index (χ2n) is 8.36. The van der Waals surface area contributed by atoms with Crippen molar-refractivity contribution in [3.63, 3.8) is 0 Å². The average molecular weight is 503 g/mol. The van der Waals surface area contributed by atoms with Crippen LogP contribution in [0.5, 0.6) is 5.75 Å². The summed E-state index contributed by atoms with van der Waals surface area (Å²) in [4.78, 5) is 27.7. The van der Waals surface area contributed by atoms with Gasteiger partial charge in [0, 0.05) is 13.1 Å². The number of amides is 2. The minimum absolute atomic E-state index is 0.127. The van der Waals surface area contributed by atoms with Crippen molar-refractivity contribution in [2.45, 2.75) is 66.0 Å². The Hall–Kier alpha value is -2.34. The van der Waals surface area contributed by atoms with Gasteiger partial charge in [-0.2, -0.15) is 0 Å². The average Bonchev–Trinajstić information content (AvgIpc) is 2.76. The number of hydrogen-bond acceptors (Lipinski definition) is 3. The van der Waals surface area contributed by atoms with E-state index in [-0.39, 0.29) is 18.4 Å². The molecule has 1 N–H and O–H groups in total. The van der Waals surface area contributed by atoms with Crippen LogP contribution in [0, 0.1) is 6.92 Å². The molecular formula is C26H35BrN2O3. The second kappa shape index (κ2) is 12.6. The van der Waals surface area contributed by atoms with Crippen LogP contribution in [0.3, 0.4) is 0 Å². The Morgan fingerprint density at radius 1 is 1.12 bits per heavy atom. The molecule has 1 atom stereocenters. The van der Waals surface area contributed by atoms with Gasteiger partial charge in [-0.3, -0.25) is 9.59 Å². The molecule has 0 fully saturated rings. The molecule has 0 aliphatic carbocycles. The maximum atomic E-state index is 13.3. The van der Waals surface area contributed by atoms with Gasteiger partial charge in [0.1, 0.15) is 11.8 Å². The van der Waals surface area contributed by atoms with Crippen LogP contribution >= 0.6 is 15.9 Å². The second-order valence-corrected chi connectivity index (χ2v) is 9.21. The van der Waals surface area contributed by atoms with E-state index in [0.717, 1.165) is 22.0 Å². The van der Waals surface area contributed by atoms with Gasteiger partial charge in [0.15, 0.2) is 6.61 Å². The molecule has 5 nitrogen and oxygen atoms in total. The van der Waals surface area contributed by atoms with E-state index in [1.54, 1.807) is 4.90 Å². The smallest absolute Gasteiger partial charge is 0.261 e. The minimum atomic E-state index is -0.551. The molecule has 174 valence electrons. The number of carbonyl (C=O) groups excluding carboxylic acids is 2. The summed E-state index contributed by atoms with van der Waals surface area (Å²) in [5.74, 6) is 0.670. The van der Waals surface area contributed by atoms with Crippen LogP contribution in [0.4, 0.5) is 0 Å². The Bertz CT molecular complexity index is 914. The first-order valence-corrected chi connectivity index (χ1v) is 12.1. The monoisotopic (exact) mass is 502 g/mol. The van der Waals surface area contributed by atoms with E-state index in [2.05, 4.69) is 35.1 Å². The Labute approximate surface area is 200 Å². The van der Waals surface area contributed by atoms with Crippen LogP contribution < -0.4 is 10.1 Å². The zero-order valence-corrected chi connectivity index (χ0v) is 21.4. The predicted octanol–water partition coefficient (Wildman–Crippen LogP) is 5.59. The van der Waals surface area contributed by atoms with Gasteiger partial charge in [0.25, 0.3) is 5.91 Å². The third kappa shape index (κ3) is 7.37. The van der Waals surface area contributed by atoms with E-state index in [0.29, 0.717) is 31.2 Å². The van der Waals surface area contributed by atoms with Gasteiger partial charge in [-0.25, -0.2) is 0 Å². The molecular weight excluding hydrogens is 468 g/mol. The van der Waals surface area contributed by atoms with E-state index >= 15 is 0 Å².